The average Bonchev–Trinajstić information content (AvgIpc) is 2.31. The second kappa shape index (κ2) is 6.12. The third kappa shape index (κ3) is 3.24. The van der Waals surface area contributed by atoms with Crippen molar-refractivity contribution in [3.8, 4) is 5.75 Å². The van der Waals surface area contributed by atoms with Gasteiger partial charge in [0.15, 0.2) is 0 Å². The zero-order chi connectivity index (χ0) is 12.0. The van der Waals surface area contributed by atoms with Crippen molar-refractivity contribution in [3.05, 3.63) is 42.5 Å². The SMILES string of the molecule is CN.OB(O)Oc1ccc2ccccc2c1. The van der Waals surface area contributed by atoms with Crippen LogP contribution >= 0.6 is 0 Å². The van der Waals surface area contributed by atoms with Gasteiger partial charge < -0.3 is 20.4 Å². The van der Waals surface area contributed by atoms with E-state index in [1.165, 1.54) is 7.05 Å². The van der Waals surface area contributed by atoms with Crippen LogP contribution in [0.25, 0.3) is 10.8 Å². The standard InChI is InChI=1S/C10H9BO3.CH5N/c12-11(13)14-10-6-5-8-3-1-2-4-9(8)7-10;1-2/h1-7,12-13H;2H2,1H3. The highest BCUT2D eigenvalue weighted by atomic mass is 16.6. The summed E-state index contributed by atoms with van der Waals surface area (Å²) in [6.45, 7) is 0. The minimum absolute atomic E-state index is 0.443. The van der Waals surface area contributed by atoms with Gasteiger partial charge in [0.25, 0.3) is 0 Å². The van der Waals surface area contributed by atoms with E-state index < -0.39 is 7.32 Å². The second-order valence-electron chi connectivity index (χ2n) is 2.95. The van der Waals surface area contributed by atoms with Crippen LogP contribution < -0.4 is 10.4 Å². The van der Waals surface area contributed by atoms with Crippen LogP contribution in [0.5, 0.6) is 5.75 Å². The number of nitrogens with two attached hydrogens (primary N) is 1. The molecule has 0 aliphatic rings. The maximum absolute atomic E-state index is 8.61. The molecule has 0 fully saturated rings. The molecule has 0 unspecified atom stereocenters. The summed E-state index contributed by atoms with van der Waals surface area (Å²) in [5.41, 5.74) is 4.50. The molecule has 0 aliphatic heterocycles. The highest BCUT2D eigenvalue weighted by molar-refractivity contribution is 6.33. The van der Waals surface area contributed by atoms with E-state index in [-0.39, 0.29) is 0 Å². The van der Waals surface area contributed by atoms with Crippen LogP contribution in [0.4, 0.5) is 0 Å². The summed E-state index contributed by atoms with van der Waals surface area (Å²) < 4.78 is 4.73. The zero-order valence-corrected chi connectivity index (χ0v) is 9.00. The highest BCUT2D eigenvalue weighted by Gasteiger charge is 2.10. The second-order valence-corrected chi connectivity index (χ2v) is 2.95. The molecule has 5 heteroatoms. The van der Waals surface area contributed by atoms with Gasteiger partial charge in [-0.05, 0) is 30.0 Å². The molecule has 0 aliphatic carbocycles. The van der Waals surface area contributed by atoms with Gasteiger partial charge >= 0.3 is 7.32 Å². The molecule has 2 aromatic rings. The molecule has 4 nitrogen and oxygen atoms in total. The number of rotatable bonds is 2. The largest absolute Gasteiger partial charge is 0.707 e. The Bertz CT molecular complexity index is 448. The lowest BCUT2D eigenvalue weighted by molar-refractivity contribution is 0.288. The first-order valence-electron chi connectivity index (χ1n) is 4.85. The number of fused-ring (bicyclic) bond motifs is 1. The summed E-state index contributed by atoms with van der Waals surface area (Å²) >= 11 is 0. The molecule has 2 aromatic carbocycles. The van der Waals surface area contributed by atoms with Crippen molar-refractivity contribution >= 4 is 18.1 Å². The first-order chi connectivity index (χ1) is 7.75. The number of hydrogen-bond donors (Lipinski definition) is 3. The van der Waals surface area contributed by atoms with Crippen LogP contribution in [-0.2, 0) is 0 Å². The van der Waals surface area contributed by atoms with Crippen LogP contribution in [0.3, 0.4) is 0 Å². The molecule has 84 valence electrons. The molecule has 0 amide bonds. The van der Waals surface area contributed by atoms with Crippen LogP contribution in [0.15, 0.2) is 42.5 Å². The highest BCUT2D eigenvalue weighted by Crippen LogP contribution is 2.20. The summed E-state index contributed by atoms with van der Waals surface area (Å²) in [6.07, 6.45) is 0. The van der Waals surface area contributed by atoms with Gasteiger partial charge in [-0.25, -0.2) is 0 Å². The van der Waals surface area contributed by atoms with E-state index in [1.54, 1.807) is 12.1 Å². The molecule has 0 heterocycles. The Labute approximate surface area is 94.5 Å². The van der Waals surface area contributed by atoms with E-state index in [4.69, 9.17) is 14.7 Å². The van der Waals surface area contributed by atoms with E-state index in [0.717, 1.165) is 10.8 Å². The predicted octanol–water partition coefficient (Wildman–Crippen LogP) is 0.763. The lowest BCUT2D eigenvalue weighted by Crippen LogP contribution is -2.20. The normalized spacial score (nSPS) is 9.25. The van der Waals surface area contributed by atoms with Gasteiger partial charge in [0.2, 0.25) is 0 Å². The van der Waals surface area contributed by atoms with Crippen LogP contribution in [0.2, 0.25) is 0 Å². The van der Waals surface area contributed by atoms with Gasteiger partial charge in [-0.1, -0.05) is 30.3 Å². The lowest BCUT2D eigenvalue weighted by Gasteiger charge is -2.05. The molecular formula is C11H14BNO3. The predicted molar refractivity (Wildman–Crippen MR) is 64.9 cm³/mol. The van der Waals surface area contributed by atoms with Crippen molar-refractivity contribution in [3.63, 3.8) is 0 Å². The first kappa shape index (κ1) is 12.5. The summed E-state index contributed by atoms with van der Waals surface area (Å²) in [5, 5.41) is 19.3. The first-order valence-corrected chi connectivity index (χ1v) is 4.85. The molecule has 0 spiro atoms. The van der Waals surface area contributed by atoms with E-state index in [1.807, 2.05) is 30.3 Å². The topological polar surface area (TPSA) is 75.7 Å². The van der Waals surface area contributed by atoms with Gasteiger partial charge in [-0.3, -0.25) is 0 Å². The van der Waals surface area contributed by atoms with Gasteiger partial charge in [0.1, 0.15) is 5.75 Å². The van der Waals surface area contributed by atoms with Gasteiger partial charge in [0, 0.05) is 0 Å². The molecule has 2 rings (SSSR count). The van der Waals surface area contributed by atoms with E-state index in [9.17, 15) is 0 Å². The number of hydrogen-bond acceptors (Lipinski definition) is 4. The summed E-state index contributed by atoms with van der Waals surface area (Å²) in [4.78, 5) is 0. The van der Waals surface area contributed by atoms with Gasteiger partial charge in [-0.2, -0.15) is 0 Å². The zero-order valence-electron chi connectivity index (χ0n) is 9.00. The van der Waals surface area contributed by atoms with Crippen molar-refractivity contribution in [2.24, 2.45) is 5.73 Å². The molecule has 0 saturated heterocycles. The molecule has 0 radical (unpaired) electrons. The fourth-order valence-corrected chi connectivity index (χ4v) is 1.36. The monoisotopic (exact) mass is 219 g/mol. The Morgan fingerprint density at radius 1 is 1.00 bits per heavy atom. The van der Waals surface area contributed by atoms with E-state index >= 15 is 0 Å². The molecule has 0 saturated carbocycles. The minimum atomic E-state index is -1.77. The van der Waals surface area contributed by atoms with Crippen molar-refractivity contribution in [1.29, 1.82) is 0 Å². The van der Waals surface area contributed by atoms with Crippen molar-refractivity contribution < 1.29 is 14.7 Å². The Balaban J connectivity index is 0.000000606. The third-order valence-electron chi connectivity index (χ3n) is 1.96. The van der Waals surface area contributed by atoms with E-state index in [0.29, 0.717) is 5.75 Å². The summed E-state index contributed by atoms with van der Waals surface area (Å²) in [5.74, 6) is 0.443. The lowest BCUT2D eigenvalue weighted by atomic mass is 10.1. The van der Waals surface area contributed by atoms with E-state index in [2.05, 4.69) is 5.73 Å². The third-order valence-corrected chi connectivity index (χ3v) is 1.96. The molecule has 0 atom stereocenters. The quantitative estimate of drug-likeness (QED) is 0.652. The van der Waals surface area contributed by atoms with Crippen LogP contribution in [-0.4, -0.2) is 24.4 Å². The Hall–Kier alpha value is -1.56. The van der Waals surface area contributed by atoms with Crippen molar-refractivity contribution in [2.45, 2.75) is 0 Å². The fourth-order valence-electron chi connectivity index (χ4n) is 1.36. The van der Waals surface area contributed by atoms with Crippen LogP contribution in [0, 0.1) is 0 Å². The smallest absolute Gasteiger partial charge is 0.512 e. The molecule has 16 heavy (non-hydrogen) atoms. The maximum Gasteiger partial charge on any atom is 0.707 e. The minimum Gasteiger partial charge on any atom is -0.512 e. The Kier molecular flexibility index (Phi) is 4.79. The average molecular weight is 219 g/mol. The summed E-state index contributed by atoms with van der Waals surface area (Å²) in [6, 6.07) is 13.1. The summed E-state index contributed by atoms with van der Waals surface area (Å²) in [7, 11) is -0.267. The van der Waals surface area contributed by atoms with Gasteiger partial charge in [-0.15, -0.1) is 0 Å². The molecule has 0 bridgehead atoms. The maximum atomic E-state index is 8.61. The molecular weight excluding hydrogens is 205 g/mol. The van der Waals surface area contributed by atoms with Gasteiger partial charge in [0.05, 0.1) is 0 Å². The molecule has 0 aromatic heterocycles. The molecule has 4 N–H and O–H groups in total. The number of benzene rings is 2. The van der Waals surface area contributed by atoms with Crippen molar-refractivity contribution in [1.82, 2.24) is 0 Å². The van der Waals surface area contributed by atoms with Crippen LogP contribution in [0.1, 0.15) is 0 Å². The fraction of sp³-hybridized carbons (Fsp3) is 0.0909. The Morgan fingerprint density at radius 2 is 1.62 bits per heavy atom. The van der Waals surface area contributed by atoms with Crippen molar-refractivity contribution in [2.75, 3.05) is 7.05 Å². The Morgan fingerprint density at radius 3 is 2.25 bits per heavy atom.